The molecule has 2 amide bonds. The summed E-state index contributed by atoms with van der Waals surface area (Å²) in [5, 5.41) is 10.1. The number of nitrogens with zero attached hydrogens (tertiary/aromatic N) is 2. The highest BCUT2D eigenvalue weighted by Gasteiger charge is 2.36. The molecule has 6 nitrogen and oxygen atoms in total. The average Bonchev–Trinajstić information content (AvgIpc) is 3.32. The van der Waals surface area contributed by atoms with Crippen molar-refractivity contribution in [2.24, 2.45) is 5.92 Å². The number of fused-ring (bicyclic) bond motifs is 1. The lowest BCUT2D eigenvalue weighted by molar-refractivity contribution is -0.123. The number of aromatic nitrogens is 1. The maximum atomic E-state index is 13.1. The zero-order valence-electron chi connectivity index (χ0n) is 18.8. The second-order valence-electron chi connectivity index (χ2n) is 9.03. The molecule has 5 rings (SSSR count). The van der Waals surface area contributed by atoms with Gasteiger partial charge in [0.25, 0.3) is 11.1 Å². The Morgan fingerprint density at radius 2 is 1.85 bits per heavy atom. The fraction of sp³-hybridized carbons (Fsp3) is 0.296. The molecule has 1 N–H and O–H groups in total. The Bertz CT molecular complexity index is 1300. The van der Waals surface area contributed by atoms with Crippen LogP contribution in [0.15, 0.2) is 59.6 Å². The Morgan fingerprint density at radius 3 is 2.65 bits per heavy atom. The number of amides is 2. The van der Waals surface area contributed by atoms with Gasteiger partial charge in [0.15, 0.2) is 0 Å². The molecule has 2 heterocycles. The van der Waals surface area contributed by atoms with Crippen LogP contribution in [0.25, 0.3) is 17.0 Å². The molecule has 174 valence electrons. The van der Waals surface area contributed by atoms with Gasteiger partial charge >= 0.3 is 5.97 Å². The number of rotatable bonds is 6. The lowest BCUT2D eigenvalue weighted by atomic mass is 9.89. The molecule has 1 saturated carbocycles. The van der Waals surface area contributed by atoms with Crippen LogP contribution < -0.4 is 0 Å². The summed E-state index contributed by atoms with van der Waals surface area (Å²) in [7, 11) is 0. The van der Waals surface area contributed by atoms with Crippen LogP contribution in [0.3, 0.4) is 0 Å². The van der Waals surface area contributed by atoms with Crippen LogP contribution in [0.4, 0.5) is 4.79 Å². The number of thioether (sulfide) groups is 1. The highest BCUT2D eigenvalue weighted by molar-refractivity contribution is 8.18. The summed E-state index contributed by atoms with van der Waals surface area (Å²) in [5.74, 6) is -0.750. The summed E-state index contributed by atoms with van der Waals surface area (Å²) in [6.45, 7) is 1.02. The highest BCUT2D eigenvalue weighted by atomic mass is 32.2. The van der Waals surface area contributed by atoms with E-state index >= 15 is 0 Å². The number of benzene rings is 2. The molecule has 1 aliphatic heterocycles. The molecule has 34 heavy (non-hydrogen) atoms. The average molecular weight is 475 g/mol. The summed E-state index contributed by atoms with van der Waals surface area (Å²) < 4.78 is 2.05. The maximum absolute atomic E-state index is 13.1. The molecule has 0 atom stereocenters. The Kier molecular flexibility index (Phi) is 6.28. The van der Waals surface area contributed by atoms with E-state index in [0.29, 0.717) is 23.9 Å². The Hall–Kier alpha value is -3.32. The van der Waals surface area contributed by atoms with Gasteiger partial charge in [-0.3, -0.25) is 14.5 Å². The number of carbonyl (C=O) groups is 3. The van der Waals surface area contributed by atoms with Crippen LogP contribution >= 0.6 is 11.8 Å². The molecule has 2 aromatic carbocycles. The third-order valence-electron chi connectivity index (χ3n) is 6.67. The van der Waals surface area contributed by atoms with Crippen molar-refractivity contribution in [3.8, 4) is 0 Å². The van der Waals surface area contributed by atoms with Crippen LogP contribution in [0.1, 0.15) is 53.6 Å². The molecule has 0 unspecified atom stereocenters. The van der Waals surface area contributed by atoms with Gasteiger partial charge in [0.1, 0.15) is 0 Å². The van der Waals surface area contributed by atoms with Crippen molar-refractivity contribution in [3.63, 3.8) is 0 Å². The number of imide groups is 1. The van der Waals surface area contributed by atoms with E-state index in [0.717, 1.165) is 46.6 Å². The van der Waals surface area contributed by atoms with Gasteiger partial charge in [0.2, 0.25) is 0 Å². The molecule has 0 bridgehead atoms. The summed E-state index contributed by atoms with van der Waals surface area (Å²) in [6.07, 6.45) is 9.53. The number of hydrogen-bond donors (Lipinski definition) is 1. The first-order valence-electron chi connectivity index (χ1n) is 11.6. The van der Waals surface area contributed by atoms with Crippen molar-refractivity contribution in [2.45, 2.75) is 38.6 Å². The summed E-state index contributed by atoms with van der Waals surface area (Å²) in [4.78, 5) is 38.9. The highest BCUT2D eigenvalue weighted by Crippen LogP contribution is 2.36. The number of carboxylic acids is 1. The quantitative estimate of drug-likeness (QED) is 0.443. The predicted octanol–water partition coefficient (Wildman–Crippen LogP) is 6.00. The topological polar surface area (TPSA) is 79.6 Å². The van der Waals surface area contributed by atoms with E-state index in [4.69, 9.17) is 0 Å². The van der Waals surface area contributed by atoms with Crippen molar-refractivity contribution in [1.82, 2.24) is 9.47 Å². The van der Waals surface area contributed by atoms with Crippen LogP contribution in [0.5, 0.6) is 0 Å². The lowest BCUT2D eigenvalue weighted by Gasteiger charge is -2.25. The van der Waals surface area contributed by atoms with Crippen LogP contribution in [-0.4, -0.2) is 38.2 Å². The van der Waals surface area contributed by atoms with E-state index in [1.54, 1.807) is 18.2 Å². The molecule has 7 heteroatoms. The standard InChI is InChI=1S/C27H26N2O4S/c30-25-24(34-27(33)29(25)16-18-7-2-1-3-8-18)14-21-17-28(23-12-5-4-11-22(21)23)15-19-9-6-10-20(13-19)26(31)32/h4-6,9-14,17-18H,1-3,7-8,15-16H2,(H,31,32). The van der Waals surface area contributed by atoms with Gasteiger partial charge < -0.3 is 9.67 Å². The summed E-state index contributed by atoms with van der Waals surface area (Å²) >= 11 is 1.02. The van der Waals surface area contributed by atoms with Crippen LogP contribution in [0, 0.1) is 5.92 Å². The van der Waals surface area contributed by atoms with E-state index in [2.05, 4.69) is 4.57 Å². The van der Waals surface area contributed by atoms with Gasteiger partial charge in [0.05, 0.1) is 10.5 Å². The molecule has 2 fully saturated rings. The van der Waals surface area contributed by atoms with Crippen molar-refractivity contribution in [1.29, 1.82) is 0 Å². The molecule has 2 aliphatic rings. The van der Waals surface area contributed by atoms with Crippen molar-refractivity contribution < 1.29 is 19.5 Å². The zero-order valence-corrected chi connectivity index (χ0v) is 19.6. The zero-order chi connectivity index (χ0) is 23.7. The Balaban J connectivity index is 1.43. The first-order chi connectivity index (χ1) is 16.5. The summed E-state index contributed by atoms with van der Waals surface area (Å²) in [6, 6.07) is 14.8. The van der Waals surface area contributed by atoms with E-state index in [1.165, 1.54) is 24.2 Å². The number of para-hydroxylation sites is 1. The minimum absolute atomic E-state index is 0.184. The van der Waals surface area contributed by atoms with E-state index in [-0.39, 0.29) is 16.7 Å². The third kappa shape index (κ3) is 4.53. The molecular weight excluding hydrogens is 448 g/mol. The SMILES string of the molecule is O=C(O)c1cccc(Cn2cc(C=C3SC(=O)N(CC4CCCCC4)C3=O)c3ccccc32)c1. The monoisotopic (exact) mass is 474 g/mol. The summed E-state index contributed by atoms with van der Waals surface area (Å²) in [5.41, 5.74) is 2.98. The van der Waals surface area contributed by atoms with E-state index in [9.17, 15) is 19.5 Å². The normalized spacial score (nSPS) is 18.4. The number of hydrogen-bond acceptors (Lipinski definition) is 4. The van der Waals surface area contributed by atoms with Gasteiger partial charge in [-0.2, -0.15) is 0 Å². The molecule has 0 spiro atoms. The molecule has 1 aliphatic carbocycles. The largest absolute Gasteiger partial charge is 0.478 e. The molecule has 1 saturated heterocycles. The third-order valence-corrected chi connectivity index (χ3v) is 7.58. The fourth-order valence-electron chi connectivity index (χ4n) is 4.95. The van der Waals surface area contributed by atoms with Gasteiger partial charge in [-0.05, 0) is 60.4 Å². The first kappa shape index (κ1) is 22.5. The van der Waals surface area contributed by atoms with Gasteiger partial charge in [-0.1, -0.05) is 49.6 Å². The molecule has 0 radical (unpaired) electrons. The van der Waals surface area contributed by atoms with Gasteiger partial charge in [-0.25, -0.2) is 4.79 Å². The minimum atomic E-state index is -0.955. The van der Waals surface area contributed by atoms with Crippen LogP contribution in [-0.2, 0) is 11.3 Å². The van der Waals surface area contributed by atoms with Crippen molar-refractivity contribution in [3.05, 3.63) is 76.3 Å². The van der Waals surface area contributed by atoms with E-state index < -0.39 is 5.97 Å². The number of aromatic carboxylic acids is 1. The maximum Gasteiger partial charge on any atom is 0.335 e. The van der Waals surface area contributed by atoms with Crippen LogP contribution in [0.2, 0.25) is 0 Å². The van der Waals surface area contributed by atoms with Crippen molar-refractivity contribution in [2.75, 3.05) is 6.54 Å². The lowest BCUT2D eigenvalue weighted by Crippen LogP contribution is -2.34. The second-order valence-corrected chi connectivity index (χ2v) is 10.0. The van der Waals surface area contributed by atoms with Gasteiger partial charge in [0, 0.05) is 35.8 Å². The first-order valence-corrected chi connectivity index (χ1v) is 12.5. The Morgan fingerprint density at radius 1 is 1.06 bits per heavy atom. The number of carboxylic acid groups (broad SMARTS) is 1. The van der Waals surface area contributed by atoms with E-state index in [1.807, 2.05) is 42.6 Å². The van der Waals surface area contributed by atoms with Crippen molar-refractivity contribution >= 4 is 45.9 Å². The number of carbonyl (C=O) groups excluding carboxylic acids is 2. The fourth-order valence-corrected chi connectivity index (χ4v) is 5.79. The molecular formula is C27H26N2O4S. The van der Waals surface area contributed by atoms with Gasteiger partial charge in [-0.15, -0.1) is 0 Å². The molecule has 1 aromatic heterocycles. The second kappa shape index (κ2) is 9.50. The smallest absolute Gasteiger partial charge is 0.335 e. The predicted molar refractivity (Wildman–Crippen MR) is 134 cm³/mol. The Labute approximate surface area is 202 Å². The molecule has 3 aromatic rings. The minimum Gasteiger partial charge on any atom is -0.478 e.